The highest BCUT2D eigenvalue weighted by Gasteiger charge is 2.19. The van der Waals surface area contributed by atoms with E-state index in [1.807, 2.05) is 12.1 Å². The molecule has 104 valence electrons. The van der Waals surface area contributed by atoms with Gasteiger partial charge in [0.15, 0.2) is 0 Å². The lowest BCUT2D eigenvalue weighted by atomic mass is 10.1. The highest BCUT2D eigenvalue weighted by molar-refractivity contribution is 5.90. The highest BCUT2D eigenvalue weighted by Crippen LogP contribution is 2.19. The van der Waals surface area contributed by atoms with Crippen LogP contribution in [0.3, 0.4) is 0 Å². The zero-order valence-corrected chi connectivity index (χ0v) is 11.7. The van der Waals surface area contributed by atoms with Crippen LogP contribution < -0.4 is 10.2 Å². The second kappa shape index (κ2) is 6.57. The van der Waals surface area contributed by atoms with Gasteiger partial charge in [-0.05, 0) is 24.6 Å². The lowest BCUT2D eigenvalue weighted by Gasteiger charge is -2.35. The standard InChI is InChI=1S/C15H22N2O2/c1-3-5-13-11-17(9-8-16-13)14-7-4-6-12(10-14)15(18)19-2/h4,6-7,10,13,16H,3,5,8-9,11H2,1-2H3. The largest absolute Gasteiger partial charge is 0.465 e. The van der Waals surface area contributed by atoms with Crippen LogP contribution in [0.2, 0.25) is 0 Å². The lowest BCUT2D eigenvalue weighted by Crippen LogP contribution is -2.50. The van der Waals surface area contributed by atoms with Gasteiger partial charge in [0.2, 0.25) is 0 Å². The van der Waals surface area contributed by atoms with Crippen LogP contribution in [0.25, 0.3) is 0 Å². The minimum atomic E-state index is -0.276. The van der Waals surface area contributed by atoms with Gasteiger partial charge in [0, 0.05) is 31.4 Å². The zero-order chi connectivity index (χ0) is 13.7. The van der Waals surface area contributed by atoms with Gasteiger partial charge in [-0.3, -0.25) is 0 Å². The van der Waals surface area contributed by atoms with Gasteiger partial charge in [0.25, 0.3) is 0 Å². The van der Waals surface area contributed by atoms with Gasteiger partial charge in [-0.25, -0.2) is 4.79 Å². The molecular formula is C15H22N2O2. The number of anilines is 1. The Hall–Kier alpha value is -1.55. The van der Waals surface area contributed by atoms with Crippen LogP contribution in [0.15, 0.2) is 24.3 Å². The van der Waals surface area contributed by atoms with Crippen molar-refractivity contribution < 1.29 is 9.53 Å². The van der Waals surface area contributed by atoms with Crippen LogP contribution in [-0.4, -0.2) is 38.8 Å². The fourth-order valence-corrected chi connectivity index (χ4v) is 2.55. The van der Waals surface area contributed by atoms with E-state index in [-0.39, 0.29) is 5.97 Å². The molecule has 1 aromatic rings. The molecular weight excluding hydrogens is 240 g/mol. The van der Waals surface area contributed by atoms with E-state index in [1.165, 1.54) is 20.0 Å². The summed E-state index contributed by atoms with van der Waals surface area (Å²) >= 11 is 0. The number of benzene rings is 1. The SMILES string of the molecule is CCCC1CN(c2cccc(C(=O)OC)c2)CCN1. The smallest absolute Gasteiger partial charge is 0.337 e. The molecule has 0 radical (unpaired) electrons. The van der Waals surface area contributed by atoms with Crippen LogP contribution in [-0.2, 0) is 4.74 Å². The number of nitrogens with one attached hydrogen (secondary N) is 1. The van der Waals surface area contributed by atoms with Crippen LogP contribution in [0, 0.1) is 0 Å². The first-order chi connectivity index (χ1) is 9.24. The maximum Gasteiger partial charge on any atom is 0.337 e. The molecule has 1 N–H and O–H groups in total. The summed E-state index contributed by atoms with van der Waals surface area (Å²) < 4.78 is 4.77. The molecule has 1 atom stereocenters. The van der Waals surface area contributed by atoms with Crippen molar-refractivity contribution in [1.29, 1.82) is 0 Å². The Morgan fingerprint density at radius 3 is 3.11 bits per heavy atom. The Bertz CT molecular complexity index is 432. The maximum atomic E-state index is 11.6. The molecule has 1 aromatic carbocycles. The molecule has 1 heterocycles. The summed E-state index contributed by atoms with van der Waals surface area (Å²) in [6, 6.07) is 8.22. The van der Waals surface area contributed by atoms with Crippen LogP contribution >= 0.6 is 0 Å². The Morgan fingerprint density at radius 2 is 2.37 bits per heavy atom. The monoisotopic (exact) mass is 262 g/mol. The summed E-state index contributed by atoms with van der Waals surface area (Å²) in [4.78, 5) is 13.9. The van der Waals surface area contributed by atoms with Gasteiger partial charge in [-0.1, -0.05) is 19.4 Å². The van der Waals surface area contributed by atoms with E-state index in [0.29, 0.717) is 11.6 Å². The summed E-state index contributed by atoms with van der Waals surface area (Å²) in [5.74, 6) is -0.276. The number of ether oxygens (including phenoxy) is 1. The minimum absolute atomic E-state index is 0.276. The normalized spacial score (nSPS) is 19.3. The average Bonchev–Trinajstić information content (AvgIpc) is 2.47. The predicted molar refractivity (Wildman–Crippen MR) is 76.7 cm³/mol. The summed E-state index contributed by atoms with van der Waals surface area (Å²) in [7, 11) is 1.41. The molecule has 1 fully saturated rings. The summed E-state index contributed by atoms with van der Waals surface area (Å²) in [6.45, 7) is 5.18. The molecule has 1 aliphatic rings. The number of methoxy groups -OCH3 is 1. The van der Waals surface area contributed by atoms with E-state index in [0.717, 1.165) is 25.3 Å². The van der Waals surface area contributed by atoms with Crippen LogP contribution in [0.5, 0.6) is 0 Å². The number of carbonyl (C=O) groups is 1. The fraction of sp³-hybridized carbons (Fsp3) is 0.533. The third-order valence-corrected chi connectivity index (χ3v) is 3.53. The van der Waals surface area contributed by atoms with Crippen molar-refractivity contribution in [3.8, 4) is 0 Å². The van der Waals surface area contributed by atoms with Crippen molar-refractivity contribution in [2.45, 2.75) is 25.8 Å². The molecule has 0 saturated carbocycles. The predicted octanol–water partition coefficient (Wildman–Crippen LogP) is 2.05. The van der Waals surface area contributed by atoms with Crippen molar-refractivity contribution in [2.24, 2.45) is 0 Å². The molecule has 0 bridgehead atoms. The highest BCUT2D eigenvalue weighted by atomic mass is 16.5. The van der Waals surface area contributed by atoms with Gasteiger partial charge in [-0.2, -0.15) is 0 Å². The molecule has 1 saturated heterocycles. The van der Waals surface area contributed by atoms with Crippen molar-refractivity contribution in [1.82, 2.24) is 5.32 Å². The van der Waals surface area contributed by atoms with Gasteiger partial charge in [-0.15, -0.1) is 0 Å². The molecule has 0 amide bonds. The Morgan fingerprint density at radius 1 is 1.53 bits per heavy atom. The first-order valence-corrected chi connectivity index (χ1v) is 6.91. The molecule has 4 nitrogen and oxygen atoms in total. The van der Waals surface area contributed by atoms with E-state index < -0.39 is 0 Å². The number of hydrogen-bond acceptors (Lipinski definition) is 4. The fourth-order valence-electron chi connectivity index (χ4n) is 2.55. The molecule has 0 aliphatic carbocycles. The van der Waals surface area contributed by atoms with Gasteiger partial charge in [0.1, 0.15) is 0 Å². The number of esters is 1. The lowest BCUT2D eigenvalue weighted by molar-refractivity contribution is 0.0601. The third kappa shape index (κ3) is 3.47. The second-order valence-corrected chi connectivity index (χ2v) is 4.93. The molecule has 4 heteroatoms. The molecule has 0 aromatic heterocycles. The molecule has 0 spiro atoms. The number of piperazine rings is 1. The van der Waals surface area contributed by atoms with E-state index in [4.69, 9.17) is 4.74 Å². The minimum Gasteiger partial charge on any atom is -0.465 e. The third-order valence-electron chi connectivity index (χ3n) is 3.53. The van der Waals surface area contributed by atoms with Gasteiger partial charge >= 0.3 is 5.97 Å². The average molecular weight is 262 g/mol. The molecule has 2 rings (SSSR count). The number of rotatable bonds is 4. The molecule has 19 heavy (non-hydrogen) atoms. The molecule has 1 unspecified atom stereocenters. The van der Waals surface area contributed by atoms with Crippen LogP contribution in [0.4, 0.5) is 5.69 Å². The van der Waals surface area contributed by atoms with E-state index in [1.54, 1.807) is 6.07 Å². The summed E-state index contributed by atoms with van der Waals surface area (Å²) in [6.07, 6.45) is 2.38. The van der Waals surface area contributed by atoms with E-state index >= 15 is 0 Å². The summed E-state index contributed by atoms with van der Waals surface area (Å²) in [5.41, 5.74) is 1.72. The Labute approximate surface area is 114 Å². The zero-order valence-electron chi connectivity index (χ0n) is 11.7. The van der Waals surface area contributed by atoms with E-state index in [2.05, 4.69) is 23.2 Å². The maximum absolute atomic E-state index is 11.6. The van der Waals surface area contributed by atoms with Gasteiger partial charge in [0.05, 0.1) is 12.7 Å². The van der Waals surface area contributed by atoms with Crippen molar-refractivity contribution in [3.63, 3.8) is 0 Å². The Kier molecular flexibility index (Phi) is 4.80. The topological polar surface area (TPSA) is 41.6 Å². The quantitative estimate of drug-likeness (QED) is 0.843. The number of hydrogen-bond donors (Lipinski definition) is 1. The van der Waals surface area contributed by atoms with E-state index in [9.17, 15) is 4.79 Å². The molecule has 1 aliphatic heterocycles. The first kappa shape index (κ1) is 13.9. The number of carbonyl (C=O) groups excluding carboxylic acids is 1. The number of nitrogens with zero attached hydrogens (tertiary/aromatic N) is 1. The van der Waals surface area contributed by atoms with Crippen LogP contribution in [0.1, 0.15) is 30.1 Å². The van der Waals surface area contributed by atoms with Crippen molar-refractivity contribution in [3.05, 3.63) is 29.8 Å². The first-order valence-electron chi connectivity index (χ1n) is 6.91. The second-order valence-electron chi connectivity index (χ2n) is 4.93. The summed E-state index contributed by atoms with van der Waals surface area (Å²) in [5, 5.41) is 3.54. The van der Waals surface area contributed by atoms with Gasteiger partial charge < -0.3 is 15.0 Å². The van der Waals surface area contributed by atoms with Crippen molar-refractivity contribution >= 4 is 11.7 Å². The van der Waals surface area contributed by atoms with Crippen molar-refractivity contribution in [2.75, 3.05) is 31.6 Å². The Balaban J connectivity index is 2.10.